The lowest BCUT2D eigenvalue weighted by Crippen LogP contribution is -2.15. The number of aryl methyl sites for hydroxylation is 1. The Labute approximate surface area is 168 Å². The molecule has 148 valence electrons. The summed E-state index contributed by atoms with van der Waals surface area (Å²) in [4.78, 5) is 16.5. The number of hydrogen-bond acceptors (Lipinski definition) is 5. The lowest BCUT2D eigenvalue weighted by atomic mass is 10.1. The third-order valence-electron chi connectivity index (χ3n) is 4.15. The number of halogens is 2. The van der Waals surface area contributed by atoms with E-state index in [0.717, 1.165) is 12.1 Å². The number of sulfonamides is 1. The molecule has 29 heavy (non-hydrogen) atoms. The number of benzene rings is 2. The zero-order valence-corrected chi connectivity index (χ0v) is 16.5. The second-order valence-corrected chi connectivity index (χ2v) is 8.72. The lowest BCUT2D eigenvalue weighted by molar-refractivity contribution is 0.551. The van der Waals surface area contributed by atoms with E-state index in [9.17, 15) is 22.0 Å². The lowest BCUT2D eigenvalue weighted by Gasteiger charge is -2.10. The maximum absolute atomic E-state index is 13.8. The van der Waals surface area contributed by atoms with Crippen LogP contribution < -0.4 is 10.3 Å². The molecular formula is C19H13F2N3O3S2. The normalized spacial score (nSPS) is 11.7. The highest BCUT2D eigenvalue weighted by Gasteiger charge is 2.20. The molecule has 0 saturated heterocycles. The highest BCUT2D eigenvalue weighted by Crippen LogP contribution is 2.26. The van der Waals surface area contributed by atoms with E-state index in [-0.39, 0.29) is 11.2 Å². The maximum atomic E-state index is 13.8. The van der Waals surface area contributed by atoms with Gasteiger partial charge in [-0.05, 0) is 36.8 Å². The van der Waals surface area contributed by atoms with Crippen molar-refractivity contribution in [3.05, 3.63) is 81.6 Å². The van der Waals surface area contributed by atoms with Crippen molar-refractivity contribution in [2.75, 3.05) is 4.72 Å². The molecule has 10 heteroatoms. The quantitative estimate of drug-likeness (QED) is 0.531. The van der Waals surface area contributed by atoms with E-state index < -0.39 is 26.6 Å². The van der Waals surface area contributed by atoms with Crippen LogP contribution in [-0.2, 0) is 10.0 Å². The fraction of sp³-hybridized carbons (Fsp3) is 0.0526. The molecule has 6 nitrogen and oxygen atoms in total. The van der Waals surface area contributed by atoms with Gasteiger partial charge in [-0.2, -0.15) is 0 Å². The van der Waals surface area contributed by atoms with Crippen LogP contribution in [0.25, 0.3) is 16.2 Å². The largest absolute Gasteiger partial charge is 0.280 e. The van der Waals surface area contributed by atoms with Crippen molar-refractivity contribution in [1.82, 2.24) is 9.38 Å². The Morgan fingerprint density at radius 1 is 1.07 bits per heavy atom. The molecule has 4 rings (SSSR count). The summed E-state index contributed by atoms with van der Waals surface area (Å²) in [6, 6.07) is 9.92. The summed E-state index contributed by atoms with van der Waals surface area (Å²) in [5.41, 5.74) is 1.92. The average molecular weight is 433 g/mol. The van der Waals surface area contributed by atoms with Crippen molar-refractivity contribution in [1.29, 1.82) is 0 Å². The first-order valence-corrected chi connectivity index (χ1v) is 10.7. The van der Waals surface area contributed by atoms with E-state index >= 15 is 0 Å². The monoisotopic (exact) mass is 433 g/mol. The van der Waals surface area contributed by atoms with Gasteiger partial charge in [0.25, 0.3) is 15.6 Å². The van der Waals surface area contributed by atoms with Crippen LogP contribution in [-0.4, -0.2) is 17.8 Å². The highest BCUT2D eigenvalue weighted by molar-refractivity contribution is 7.92. The van der Waals surface area contributed by atoms with E-state index in [2.05, 4.69) is 9.71 Å². The number of hydrogen-bond donors (Lipinski definition) is 1. The molecule has 1 N–H and O–H groups in total. The van der Waals surface area contributed by atoms with Crippen LogP contribution in [0.2, 0.25) is 0 Å². The maximum Gasteiger partial charge on any atom is 0.264 e. The molecule has 4 aromatic rings. The molecule has 0 amide bonds. The first kappa shape index (κ1) is 19.2. The Bertz CT molecular complexity index is 1390. The van der Waals surface area contributed by atoms with Gasteiger partial charge in [0, 0.05) is 28.9 Å². The molecule has 0 saturated carbocycles. The molecule has 0 atom stereocenters. The molecule has 0 bridgehead atoms. The summed E-state index contributed by atoms with van der Waals surface area (Å²) in [7, 11) is -4.23. The van der Waals surface area contributed by atoms with Crippen LogP contribution in [0.15, 0.2) is 63.6 Å². The molecular weight excluding hydrogens is 420 g/mol. The summed E-state index contributed by atoms with van der Waals surface area (Å²) in [5.74, 6) is -2.05. The van der Waals surface area contributed by atoms with Crippen molar-refractivity contribution in [2.45, 2.75) is 11.8 Å². The number of anilines is 1. The molecule has 0 aliphatic rings. The van der Waals surface area contributed by atoms with E-state index in [1.165, 1.54) is 33.9 Å². The van der Waals surface area contributed by atoms with E-state index in [0.29, 0.717) is 28.0 Å². The van der Waals surface area contributed by atoms with Gasteiger partial charge >= 0.3 is 0 Å². The summed E-state index contributed by atoms with van der Waals surface area (Å²) >= 11 is 1.32. The van der Waals surface area contributed by atoms with Gasteiger partial charge in [0.2, 0.25) is 0 Å². The fourth-order valence-electron chi connectivity index (χ4n) is 2.84. The number of nitrogens with one attached hydrogen (secondary N) is 1. The van der Waals surface area contributed by atoms with Gasteiger partial charge < -0.3 is 0 Å². The summed E-state index contributed by atoms with van der Waals surface area (Å²) in [6.45, 7) is 1.74. The molecule has 0 aliphatic heterocycles. The first-order chi connectivity index (χ1) is 13.7. The van der Waals surface area contributed by atoms with Gasteiger partial charge in [0.05, 0.1) is 5.69 Å². The van der Waals surface area contributed by atoms with Crippen LogP contribution in [0, 0.1) is 18.6 Å². The minimum Gasteiger partial charge on any atom is -0.280 e. The topological polar surface area (TPSA) is 80.5 Å². The molecule has 0 unspecified atom stereocenters. The van der Waals surface area contributed by atoms with Crippen molar-refractivity contribution < 1.29 is 17.2 Å². The predicted octanol–water partition coefficient (Wildman–Crippen LogP) is 3.81. The summed E-state index contributed by atoms with van der Waals surface area (Å²) in [6.07, 6.45) is 0. The molecule has 2 aromatic heterocycles. The second kappa shape index (κ2) is 7.05. The van der Waals surface area contributed by atoms with Crippen LogP contribution in [0.3, 0.4) is 0 Å². The zero-order valence-electron chi connectivity index (χ0n) is 14.9. The minimum absolute atomic E-state index is 0.193. The van der Waals surface area contributed by atoms with Crippen molar-refractivity contribution in [2.24, 2.45) is 0 Å². The van der Waals surface area contributed by atoms with E-state index in [1.807, 2.05) is 0 Å². The predicted molar refractivity (Wildman–Crippen MR) is 107 cm³/mol. The summed E-state index contributed by atoms with van der Waals surface area (Å²) < 4.78 is 55.3. The van der Waals surface area contributed by atoms with E-state index in [1.54, 1.807) is 24.4 Å². The number of rotatable bonds is 4. The smallest absolute Gasteiger partial charge is 0.264 e. The van der Waals surface area contributed by atoms with Gasteiger partial charge in [0.15, 0.2) is 4.96 Å². The number of thiazole rings is 1. The van der Waals surface area contributed by atoms with Crippen LogP contribution in [0.5, 0.6) is 0 Å². The van der Waals surface area contributed by atoms with Crippen LogP contribution >= 0.6 is 11.3 Å². The van der Waals surface area contributed by atoms with Gasteiger partial charge in [-0.1, -0.05) is 12.1 Å². The fourth-order valence-corrected chi connectivity index (χ4v) is 4.91. The molecule has 0 aliphatic carbocycles. The van der Waals surface area contributed by atoms with Crippen LogP contribution in [0.4, 0.5) is 14.5 Å². The third kappa shape index (κ3) is 3.64. The Kier molecular flexibility index (Phi) is 4.67. The number of aromatic nitrogens is 2. The molecule has 2 aromatic carbocycles. The number of nitrogens with zero attached hydrogens (tertiary/aromatic N) is 2. The Morgan fingerprint density at radius 2 is 1.79 bits per heavy atom. The molecule has 0 fully saturated rings. The Balaban J connectivity index is 1.66. The van der Waals surface area contributed by atoms with Gasteiger partial charge in [0.1, 0.15) is 16.5 Å². The SMILES string of the molecule is Cc1cc(=O)n2c(-c3ccc(NS(=O)(=O)c4ccc(F)cc4F)cc3)csc2n1. The first-order valence-electron chi connectivity index (χ1n) is 8.31. The standard InChI is InChI=1S/C19H13F2N3O3S2/c1-11-8-18(25)24-16(10-28-19(24)22-11)12-2-5-14(6-3-12)23-29(26,27)17-7-4-13(20)9-15(17)21/h2-10,23H,1H3. The van der Waals surface area contributed by atoms with Gasteiger partial charge in [-0.25, -0.2) is 22.2 Å². The van der Waals surface area contributed by atoms with Crippen molar-refractivity contribution in [3.63, 3.8) is 0 Å². The van der Waals surface area contributed by atoms with Gasteiger partial charge in [-0.15, -0.1) is 11.3 Å². The van der Waals surface area contributed by atoms with Crippen molar-refractivity contribution >= 4 is 32.0 Å². The highest BCUT2D eigenvalue weighted by atomic mass is 32.2. The zero-order chi connectivity index (χ0) is 20.8. The van der Waals surface area contributed by atoms with Crippen LogP contribution in [0.1, 0.15) is 5.69 Å². The molecule has 0 radical (unpaired) electrons. The molecule has 2 heterocycles. The third-order valence-corrected chi connectivity index (χ3v) is 6.39. The Morgan fingerprint density at radius 3 is 2.48 bits per heavy atom. The minimum atomic E-state index is -4.23. The number of fused-ring (bicyclic) bond motifs is 1. The summed E-state index contributed by atoms with van der Waals surface area (Å²) in [5, 5.41) is 1.79. The van der Waals surface area contributed by atoms with E-state index in [4.69, 9.17) is 0 Å². The average Bonchev–Trinajstić information content (AvgIpc) is 3.05. The van der Waals surface area contributed by atoms with Crippen molar-refractivity contribution in [3.8, 4) is 11.3 Å². The molecule has 0 spiro atoms. The van der Waals surface area contributed by atoms with Gasteiger partial charge in [-0.3, -0.25) is 13.9 Å². The Hall–Kier alpha value is -3.11. The second-order valence-electron chi connectivity index (χ2n) is 6.23.